The molecule has 21 heavy (non-hydrogen) atoms. The monoisotopic (exact) mass is 309 g/mol. The minimum Gasteiger partial charge on any atom is -0.336 e. The highest BCUT2D eigenvalue weighted by Crippen LogP contribution is 2.23. The number of aromatic nitrogens is 3. The number of rotatable bonds is 4. The molecule has 0 aromatic carbocycles. The first kappa shape index (κ1) is 15.6. The first-order valence-corrected chi connectivity index (χ1v) is 7.25. The number of imidazole rings is 1. The number of nitrogens with zero attached hydrogens (tertiary/aromatic N) is 4. The van der Waals surface area contributed by atoms with Crippen molar-refractivity contribution in [3.05, 3.63) is 23.7 Å². The molecule has 2 heterocycles. The molecule has 2 rings (SSSR count). The van der Waals surface area contributed by atoms with Crippen LogP contribution in [0.5, 0.6) is 0 Å². The minimum absolute atomic E-state index is 0.122. The third kappa shape index (κ3) is 3.44. The van der Waals surface area contributed by atoms with Crippen molar-refractivity contribution in [2.45, 2.75) is 25.8 Å². The number of halogens is 1. The van der Waals surface area contributed by atoms with E-state index in [4.69, 9.17) is 11.6 Å². The van der Waals surface area contributed by atoms with Crippen molar-refractivity contribution in [1.82, 2.24) is 24.8 Å². The number of fused-ring (bicyclic) bond motifs is 1. The van der Waals surface area contributed by atoms with Gasteiger partial charge in [0.05, 0.1) is 5.38 Å². The Morgan fingerprint density at radius 2 is 2.24 bits per heavy atom. The summed E-state index contributed by atoms with van der Waals surface area (Å²) in [5.41, 5.74) is 2.68. The van der Waals surface area contributed by atoms with E-state index in [9.17, 15) is 4.79 Å². The van der Waals surface area contributed by atoms with Gasteiger partial charge in [0.2, 0.25) is 0 Å². The molecular weight excluding hydrogens is 290 g/mol. The van der Waals surface area contributed by atoms with Crippen molar-refractivity contribution in [2.24, 2.45) is 0 Å². The Labute approximate surface area is 129 Å². The summed E-state index contributed by atoms with van der Waals surface area (Å²) in [6.07, 6.45) is 1.81. The molecule has 0 aliphatic heterocycles. The Balaban J connectivity index is 2.24. The van der Waals surface area contributed by atoms with Crippen molar-refractivity contribution in [1.29, 1.82) is 0 Å². The van der Waals surface area contributed by atoms with Crippen LogP contribution >= 0.6 is 11.6 Å². The summed E-state index contributed by atoms with van der Waals surface area (Å²) in [4.78, 5) is 22.0. The quantitative estimate of drug-likeness (QED) is 0.882. The van der Waals surface area contributed by atoms with E-state index in [-0.39, 0.29) is 11.4 Å². The van der Waals surface area contributed by atoms with Crippen LogP contribution in [0.1, 0.15) is 23.7 Å². The zero-order chi connectivity index (χ0) is 15.6. The molecule has 0 spiro atoms. The van der Waals surface area contributed by atoms with Gasteiger partial charge in [0.25, 0.3) is 0 Å². The van der Waals surface area contributed by atoms with E-state index in [1.807, 2.05) is 30.7 Å². The summed E-state index contributed by atoms with van der Waals surface area (Å²) >= 11 is 6.20. The topological polar surface area (TPSA) is 63.1 Å². The van der Waals surface area contributed by atoms with Crippen molar-refractivity contribution in [3.8, 4) is 0 Å². The zero-order valence-corrected chi connectivity index (χ0v) is 13.5. The van der Waals surface area contributed by atoms with Gasteiger partial charge in [-0.25, -0.2) is 14.8 Å². The van der Waals surface area contributed by atoms with Crippen LogP contribution in [-0.2, 0) is 6.54 Å². The van der Waals surface area contributed by atoms with E-state index in [0.29, 0.717) is 13.1 Å². The first-order chi connectivity index (χ1) is 9.90. The molecule has 0 aliphatic carbocycles. The Morgan fingerprint density at radius 1 is 1.52 bits per heavy atom. The molecule has 2 aromatic heterocycles. The van der Waals surface area contributed by atoms with E-state index in [1.165, 1.54) is 4.90 Å². The van der Waals surface area contributed by atoms with Crippen molar-refractivity contribution >= 4 is 28.8 Å². The van der Waals surface area contributed by atoms with Crippen molar-refractivity contribution in [3.63, 3.8) is 0 Å². The van der Waals surface area contributed by atoms with E-state index in [2.05, 4.69) is 15.3 Å². The fourth-order valence-corrected chi connectivity index (χ4v) is 2.25. The van der Waals surface area contributed by atoms with Crippen LogP contribution in [-0.4, -0.2) is 46.1 Å². The van der Waals surface area contributed by atoms with Crippen molar-refractivity contribution in [2.75, 3.05) is 20.6 Å². The fourth-order valence-electron chi connectivity index (χ4n) is 2.09. The average molecular weight is 310 g/mol. The van der Waals surface area contributed by atoms with Crippen LogP contribution in [0.15, 0.2) is 12.3 Å². The van der Waals surface area contributed by atoms with Gasteiger partial charge in [-0.1, -0.05) is 0 Å². The lowest BCUT2D eigenvalue weighted by Gasteiger charge is -2.14. The third-order valence-corrected chi connectivity index (χ3v) is 3.32. The predicted octanol–water partition coefficient (Wildman–Crippen LogP) is 2.31. The Kier molecular flexibility index (Phi) is 4.67. The normalized spacial score (nSPS) is 12.4. The van der Waals surface area contributed by atoms with E-state index in [1.54, 1.807) is 14.1 Å². The molecule has 114 valence electrons. The lowest BCUT2D eigenvalue weighted by Crippen LogP contribution is -2.36. The van der Waals surface area contributed by atoms with Gasteiger partial charge in [-0.15, -0.1) is 11.6 Å². The second-order valence-corrected chi connectivity index (χ2v) is 5.87. The highest BCUT2D eigenvalue weighted by atomic mass is 35.5. The standard InChI is InChI=1S/C14H20ClN5O/c1-9-7-11-13(17-8-9)20(12(18-11)10(2)15)6-5-16-14(21)19(3)4/h7-8,10H,5-6H2,1-4H3,(H,16,21). The number of hydrogen-bond donors (Lipinski definition) is 1. The Bertz CT molecular complexity index is 650. The fraction of sp³-hybridized carbons (Fsp3) is 0.500. The maximum absolute atomic E-state index is 11.5. The van der Waals surface area contributed by atoms with E-state index in [0.717, 1.165) is 22.6 Å². The third-order valence-electron chi connectivity index (χ3n) is 3.12. The number of pyridine rings is 1. The van der Waals surface area contributed by atoms with Gasteiger partial charge in [0.15, 0.2) is 5.65 Å². The summed E-state index contributed by atoms with van der Waals surface area (Å²) in [7, 11) is 3.41. The number of carbonyl (C=O) groups excluding carboxylic acids is 1. The molecule has 0 saturated carbocycles. The molecule has 1 N–H and O–H groups in total. The summed E-state index contributed by atoms with van der Waals surface area (Å²) in [6, 6.07) is 1.86. The molecule has 7 heteroatoms. The molecule has 0 bridgehead atoms. The van der Waals surface area contributed by atoms with Crippen LogP contribution < -0.4 is 5.32 Å². The van der Waals surface area contributed by atoms with E-state index >= 15 is 0 Å². The van der Waals surface area contributed by atoms with Crippen LogP contribution in [0.4, 0.5) is 4.79 Å². The van der Waals surface area contributed by atoms with Gasteiger partial charge in [0.1, 0.15) is 11.3 Å². The molecule has 0 radical (unpaired) electrons. The second-order valence-electron chi connectivity index (χ2n) is 5.22. The van der Waals surface area contributed by atoms with Crippen molar-refractivity contribution < 1.29 is 4.79 Å². The van der Waals surface area contributed by atoms with Gasteiger partial charge in [0, 0.05) is 33.4 Å². The Morgan fingerprint density at radius 3 is 2.86 bits per heavy atom. The van der Waals surface area contributed by atoms with Crippen LogP contribution in [0.3, 0.4) is 0 Å². The zero-order valence-electron chi connectivity index (χ0n) is 12.7. The summed E-state index contributed by atoms with van der Waals surface area (Å²) in [5.74, 6) is 0.767. The Hall–Kier alpha value is -1.82. The number of amides is 2. The number of aryl methyl sites for hydroxylation is 1. The van der Waals surface area contributed by atoms with Crippen LogP contribution in [0.25, 0.3) is 11.2 Å². The lowest BCUT2D eigenvalue weighted by atomic mass is 10.3. The molecule has 0 aliphatic rings. The minimum atomic E-state index is -0.218. The number of hydrogen-bond acceptors (Lipinski definition) is 3. The predicted molar refractivity (Wildman–Crippen MR) is 83.6 cm³/mol. The number of nitrogens with one attached hydrogen (secondary N) is 1. The molecule has 1 unspecified atom stereocenters. The number of carbonyl (C=O) groups is 1. The molecule has 6 nitrogen and oxygen atoms in total. The highest BCUT2D eigenvalue weighted by Gasteiger charge is 2.16. The lowest BCUT2D eigenvalue weighted by molar-refractivity contribution is 0.217. The molecule has 1 atom stereocenters. The van der Waals surface area contributed by atoms with Gasteiger partial charge in [-0.05, 0) is 25.5 Å². The van der Waals surface area contributed by atoms with Gasteiger partial charge < -0.3 is 14.8 Å². The maximum atomic E-state index is 11.5. The molecule has 0 saturated heterocycles. The van der Waals surface area contributed by atoms with E-state index < -0.39 is 0 Å². The maximum Gasteiger partial charge on any atom is 0.316 e. The molecular formula is C14H20ClN5O. The van der Waals surface area contributed by atoms with Crippen LogP contribution in [0, 0.1) is 6.92 Å². The molecule has 2 amide bonds. The highest BCUT2D eigenvalue weighted by molar-refractivity contribution is 6.20. The molecule has 0 fully saturated rings. The SMILES string of the molecule is Cc1cnc2c(c1)nc(C(C)Cl)n2CCNC(=O)N(C)C. The smallest absolute Gasteiger partial charge is 0.316 e. The first-order valence-electron chi connectivity index (χ1n) is 6.82. The second kappa shape index (κ2) is 6.30. The van der Waals surface area contributed by atoms with Gasteiger partial charge >= 0.3 is 6.03 Å². The van der Waals surface area contributed by atoms with Gasteiger partial charge in [-0.3, -0.25) is 0 Å². The van der Waals surface area contributed by atoms with Gasteiger partial charge in [-0.2, -0.15) is 0 Å². The summed E-state index contributed by atoms with van der Waals surface area (Å²) in [6.45, 7) is 4.93. The largest absolute Gasteiger partial charge is 0.336 e. The number of alkyl halides is 1. The molecule has 2 aromatic rings. The summed E-state index contributed by atoms with van der Waals surface area (Å²) in [5, 5.41) is 2.61. The van der Waals surface area contributed by atoms with Crippen LogP contribution in [0.2, 0.25) is 0 Å². The average Bonchev–Trinajstić information content (AvgIpc) is 2.76. The summed E-state index contributed by atoms with van der Waals surface area (Å²) < 4.78 is 1.96. The number of urea groups is 1.